The van der Waals surface area contributed by atoms with Crippen molar-refractivity contribution in [3.05, 3.63) is 28.2 Å². The van der Waals surface area contributed by atoms with Gasteiger partial charge in [0.25, 0.3) is 0 Å². The first-order valence-electron chi connectivity index (χ1n) is 4.98. The molecule has 0 aliphatic heterocycles. The Morgan fingerprint density at radius 2 is 1.79 bits per heavy atom. The van der Waals surface area contributed by atoms with Crippen molar-refractivity contribution >= 4 is 39.9 Å². The van der Waals surface area contributed by atoms with E-state index in [1.807, 2.05) is 0 Å². The van der Waals surface area contributed by atoms with E-state index in [-0.39, 0.29) is 22.6 Å². The van der Waals surface area contributed by atoms with Gasteiger partial charge in [0.1, 0.15) is 0 Å². The summed E-state index contributed by atoms with van der Waals surface area (Å²) in [5, 5.41) is 2.34. The second-order valence-corrected chi connectivity index (χ2v) is 5.32. The van der Waals surface area contributed by atoms with E-state index < -0.39 is 23.2 Å². The fourth-order valence-corrected chi connectivity index (χ4v) is 1.61. The summed E-state index contributed by atoms with van der Waals surface area (Å²) in [6, 6.07) is 3.16. The van der Waals surface area contributed by atoms with E-state index in [2.05, 4.69) is 21.2 Å². The Bertz CT molecular complexity index is 472. The largest absolute Gasteiger partial charge is 0.416 e. The normalized spacial score (nSPS) is 11.7. The zero-order valence-corrected chi connectivity index (χ0v) is 12.5. The van der Waals surface area contributed by atoms with Gasteiger partial charge in [-0.25, -0.2) is 0 Å². The van der Waals surface area contributed by atoms with E-state index in [4.69, 9.17) is 5.73 Å². The lowest BCUT2D eigenvalue weighted by atomic mass is 10.1. The third-order valence-electron chi connectivity index (χ3n) is 2.07. The molecular formula is C11H13BrClF3N2O. The van der Waals surface area contributed by atoms with Crippen LogP contribution in [0, 0.1) is 0 Å². The fourth-order valence-electron chi connectivity index (χ4n) is 1.12. The number of nitrogens with two attached hydrogens (primary N) is 1. The molecule has 1 amide bonds. The minimum Gasteiger partial charge on any atom is -0.324 e. The second-order valence-electron chi connectivity index (χ2n) is 4.40. The summed E-state index contributed by atoms with van der Waals surface area (Å²) >= 11 is 2.96. The molecule has 0 atom stereocenters. The third kappa shape index (κ3) is 5.38. The Balaban J connectivity index is 0.00000324. The van der Waals surface area contributed by atoms with Crippen LogP contribution in [0.3, 0.4) is 0 Å². The number of amides is 1. The molecule has 0 aromatic heterocycles. The van der Waals surface area contributed by atoms with Crippen molar-refractivity contribution in [2.24, 2.45) is 5.73 Å². The van der Waals surface area contributed by atoms with Crippen LogP contribution in [-0.4, -0.2) is 11.4 Å². The van der Waals surface area contributed by atoms with Crippen LogP contribution in [0.5, 0.6) is 0 Å². The number of halogens is 5. The van der Waals surface area contributed by atoms with Crippen LogP contribution in [0.15, 0.2) is 22.7 Å². The highest BCUT2D eigenvalue weighted by molar-refractivity contribution is 9.10. The number of carbonyl (C=O) groups is 1. The highest BCUT2D eigenvalue weighted by Gasteiger charge is 2.31. The molecule has 3 nitrogen and oxygen atoms in total. The van der Waals surface area contributed by atoms with Crippen molar-refractivity contribution in [2.75, 3.05) is 5.32 Å². The number of alkyl halides is 3. The molecule has 0 unspecified atom stereocenters. The van der Waals surface area contributed by atoms with Crippen molar-refractivity contribution in [2.45, 2.75) is 25.6 Å². The first-order chi connectivity index (χ1) is 8.00. The molecule has 19 heavy (non-hydrogen) atoms. The first-order valence-corrected chi connectivity index (χ1v) is 5.77. The van der Waals surface area contributed by atoms with Crippen LogP contribution in [0.1, 0.15) is 19.4 Å². The number of hydrogen-bond donors (Lipinski definition) is 2. The summed E-state index contributed by atoms with van der Waals surface area (Å²) in [5.74, 6) is -0.561. The molecule has 0 heterocycles. The SMILES string of the molecule is CC(C)(N)C(=O)Nc1cc(Br)cc(C(F)(F)F)c1.Cl. The van der Waals surface area contributed by atoms with Crippen molar-refractivity contribution in [3.63, 3.8) is 0 Å². The Hall–Kier alpha value is -0.790. The van der Waals surface area contributed by atoms with Crippen LogP contribution in [0.25, 0.3) is 0 Å². The van der Waals surface area contributed by atoms with E-state index in [0.29, 0.717) is 0 Å². The maximum absolute atomic E-state index is 12.6. The summed E-state index contributed by atoms with van der Waals surface area (Å²) in [7, 11) is 0. The second kappa shape index (κ2) is 6.11. The van der Waals surface area contributed by atoms with Crippen LogP contribution >= 0.6 is 28.3 Å². The van der Waals surface area contributed by atoms with Crippen molar-refractivity contribution in [3.8, 4) is 0 Å². The monoisotopic (exact) mass is 360 g/mol. The average Bonchev–Trinajstić information content (AvgIpc) is 2.13. The van der Waals surface area contributed by atoms with Crippen molar-refractivity contribution in [1.82, 2.24) is 0 Å². The molecule has 3 N–H and O–H groups in total. The molecule has 0 aliphatic rings. The zero-order chi connectivity index (χ0) is 14.1. The predicted octanol–water partition coefficient (Wildman–Crippen LogP) is 3.57. The number of benzene rings is 1. The number of carbonyl (C=O) groups excluding carboxylic acids is 1. The maximum atomic E-state index is 12.6. The van der Waals surface area contributed by atoms with Gasteiger partial charge in [-0.3, -0.25) is 4.79 Å². The molecule has 0 saturated heterocycles. The molecule has 1 aromatic carbocycles. The van der Waals surface area contributed by atoms with E-state index in [0.717, 1.165) is 12.1 Å². The lowest BCUT2D eigenvalue weighted by Gasteiger charge is -2.18. The zero-order valence-electron chi connectivity index (χ0n) is 10.1. The van der Waals surface area contributed by atoms with Crippen LogP contribution in [0.4, 0.5) is 18.9 Å². The van der Waals surface area contributed by atoms with E-state index in [1.54, 1.807) is 0 Å². The van der Waals surface area contributed by atoms with Gasteiger partial charge in [-0.1, -0.05) is 15.9 Å². The molecule has 0 spiro atoms. The van der Waals surface area contributed by atoms with Crippen LogP contribution < -0.4 is 11.1 Å². The maximum Gasteiger partial charge on any atom is 0.416 e. The van der Waals surface area contributed by atoms with Crippen LogP contribution in [-0.2, 0) is 11.0 Å². The standard InChI is InChI=1S/C11H12BrF3N2O.ClH/c1-10(2,16)9(18)17-8-4-6(11(13,14)15)3-7(12)5-8;/h3-5H,16H2,1-2H3,(H,17,18);1H. The number of hydrogen-bond acceptors (Lipinski definition) is 2. The summed E-state index contributed by atoms with van der Waals surface area (Å²) in [5.41, 5.74) is 3.57. The van der Waals surface area contributed by atoms with Gasteiger partial charge in [0, 0.05) is 10.2 Å². The summed E-state index contributed by atoms with van der Waals surface area (Å²) in [6.07, 6.45) is -4.47. The molecule has 8 heteroatoms. The molecule has 0 fully saturated rings. The third-order valence-corrected chi connectivity index (χ3v) is 2.53. The van der Waals surface area contributed by atoms with Gasteiger partial charge in [-0.15, -0.1) is 12.4 Å². The fraction of sp³-hybridized carbons (Fsp3) is 0.364. The lowest BCUT2D eigenvalue weighted by Crippen LogP contribution is -2.45. The molecule has 1 rings (SSSR count). The Kier molecular flexibility index (Phi) is 5.85. The molecule has 0 saturated carbocycles. The van der Waals surface area contributed by atoms with Crippen molar-refractivity contribution < 1.29 is 18.0 Å². The minimum atomic E-state index is -4.47. The lowest BCUT2D eigenvalue weighted by molar-refractivity contribution is -0.137. The summed E-state index contributed by atoms with van der Waals surface area (Å²) in [4.78, 5) is 11.6. The van der Waals surface area contributed by atoms with Crippen molar-refractivity contribution in [1.29, 1.82) is 0 Å². The summed E-state index contributed by atoms with van der Waals surface area (Å²) < 4.78 is 37.9. The Morgan fingerprint density at radius 3 is 2.21 bits per heavy atom. The number of anilines is 1. The summed E-state index contributed by atoms with van der Waals surface area (Å²) in [6.45, 7) is 2.93. The van der Waals surface area contributed by atoms with Gasteiger partial charge in [0.15, 0.2) is 0 Å². The van der Waals surface area contributed by atoms with Gasteiger partial charge >= 0.3 is 6.18 Å². The smallest absolute Gasteiger partial charge is 0.324 e. The molecule has 1 aromatic rings. The molecular weight excluding hydrogens is 348 g/mol. The quantitative estimate of drug-likeness (QED) is 0.846. The van der Waals surface area contributed by atoms with Gasteiger partial charge < -0.3 is 11.1 Å². The average molecular weight is 362 g/mol. The molecule has 0 aliphatic carbocycles. The van der Waals surface area contributed by atoms with E-state index in [9.17, 15) is 18.0 Å². The predicted molar refractivity (Wildman–Crippen MR) is 73.3 cm³/mol. The van der Waals surface area contributed by atoms with Gasteiger partial charge in [0.2, 0.25) is 5.91 Å². The first kappa shape index (κ1) is 18.2. The number of nitrogens with one attached hydrogen (secondary N) is 1. The van der Waals surface area contributed by atoms with Crippen LogP contribution in [0.2, 0.25) is 0 Å². The Morgan fingerprint density at radius 1 is 1.26 bits per heavy atom. The highest BCUT2D eigenvalue weighted by atomic mass is 79.9. The van der Waals surface area contributed by atoms with Gasteiger partial charge in [-0.2, -0.15) is 13.2 Å². The molecule has 0 bridgehead atoms. The molecule has 108 valence electrons. The van der Waals surface area contributed by atoms with E-state index in [1.165, 1.54) is 19.9 Å². The Labute approximate surface area is 123 Å². The molecule has 0 radical (unpaired) electrons. The number of rotatable bonds is 2. The minimum absolute atomic E-state index is 0. The van der Waals surface area contributed by atoms with Gasteiger partial charge in [0.05, 0.1) is 11.1 Å². The van der Waals surface area contributed by atoms with Gasteiger partial charge in [-0.05, 0) is 32.0 Å². The highest BCUT2D eigenvalue weighted by Crippen LogP contribution is 2.33. The topological polar surface area (TPSA) is 55.1 Å². The van der Waals surface area contributed by atoms with E-state index >= 15 is 0 Å².